The second-order valence-corrected chi connectivity index (χ2v) is 3.52. The predicted molar refractivity (Wildman–Crippen MR) is 52.5 cm³/mol. The molecule has 0 spiro atoms. The lowest BCUT2D eigenvalue weighted by Gasteiger charge is -1.98. The van der Waals surface area contributed by atoms with Crippen molar-refractivity contribution < 1.29 is 19.4 Å². The first kappa shape index (κ1) is 9.08. The number of furan rings is 1. The molecular weight excluding hydrogens is 252 g/mol. The number of phenols is 1. The number of carboxylic acid groups (broad SMARTS) is 1. The Balaban J connectivity index is 2.80. The molecule has 0 aliphatic rings. The maximum Gasteiger partial charge on any atom is 0.339 e. The van der Waals surface area contributed by atoms with Gasteiger partial charge in [0.1, 0.15) is 5.56 Å². The first-order chi connectivity index (χ1) is 6.59. The van der Waals surface area contributed by atoms with E-state index in [0.29, 0.717) is 10.1 Å². The predicted octanol–water partition coefficient (Wildman–Crippen LogP) is 2.60. The Morgan fingerprint density at radius 3 is 2.79 bits per heavy atom. The number of benzene rings is 1. The lowest BCUT2D eigenvalue weighted by Crippen LogP contribution is -1.95. The van der Waals surface area contributed by atoms with E-state index in [0.717, 1.165) is 0 Å². The van der Waals surface area contributed by atoms with Crippen LogP contribution in [0.4, 0.5) is 0 Å². The van der Waals surface area contributed by atoms with Crippen molar-refractivity contribution in [1.82, 2.24) is 0 Å². The second kappa shape index (κ2) is 3.02. The minimum Gasteiger partial charge on any atom is -0.504 e. The summed E-state index contributed by atoms with van der Waals surface area (Å²) in [6.45, 7) is 0. The molecule has 0 atom stereocenters. The van der Waals surface area contributed by atoms with E-state index in [9.17, 15) is 9.90 Å². The number of fused-ring (bicyclic) bond motifs is 1. The molecule has 2 aromatic rings. The molecule has 0 aliphatic heterocycles. The fourth-order valence-corrected chi connectivity index (χ4v) is 1.64. The van der Waals surface area contributed by atoms with Gasteiger partial charge in [0.05, 0.1) is 0 Å². The summed E-state index contributed by atoms with van der Waals surface area (Å²) in [5.41, 5.74) is 0.0103. The Kier molecular flexibility index (Phi) is 1.96. The highest BCUT2D eigenvalue weighted by Crippen LogP contribution is 2.32. The minimum atomic E-state index is -1.18. The molecule has 4 nitrogen and oxygen atoms in total. The van der Waals surface area contributed by atoms with Crippen LogP contribution in [-0.4, -0.2) is 16.2 Å². The number of rotatable bonds is 1. The Hall–Kier alpha value is -1.49. The highest BCUT2D eigenvalue weighted by molar-refractivity contribution is 9.10. The zero-order valence-corrected chi connectivity index (χ0v) is 8.41. The normalized spacial score (nSPS) is 10.6. The summed E-state index contributed by atoms with van der Waals surface area (Å²) in [5.74, 6) is -1.53. The van der Waals surface area contributed by atoms with Crippen LogP contribution in [-0.2, 0) is 0 Å². The van der Waals surface area contributed by atoms with E-state index >= 15 is 0 Å². The van der Waals surface area contributed by atoms with Crippen molar-refractivity contribution in [3.63, 3.8) is 0 Å². The van der Waals surface area contributed by atoms with Crippen LogP contribution in [0.1, 0.15) is 10.4 Å². The fourth-order valence-electron chi connectivity index (χ4n) is 1.23. The number of aromatic hydroxyl groups is 1. The van der Waals surface area contributed by atoms with E-state index in [2.05, 4.69) is 15.9 Å². The van der Waals surface area contributed by atoms with Crippen molar-refractivity contribution in [2.24, 2.45) is 0 Å². The van der Waals surface area contributed by atoms with Crippen LogP contribution in [0.15, 0.2) is 27.3 Å². The maximum absolute atomic E-state index is 10.7. The van der Waals surface area contributed by atoms with E-state index in [1.165, 1.54) is 6.07 Å². The van der Waals surface area contributed by atoms with E-state index < -0.39 is 5.97 Å². The molecule has 0 amide bonds. The monoisotopic (exact) mass is 256 g/mol. The lowest BCUT2D eigenvalue weighted by atomic mass is 10.1. The summed E-state index contributed by atoms with van der Waals surface area (Å²) < 4.78 is 5.54. The Morgan fingerprint density at radius 2 is 2.14 bits per heavy atom. The van der Waals surface area contributed by atoms with Crippen molar-refractivity contribution in [3.05, 3.63) is 28.4 Å². The van der Waals surface area contributed by atoms with E-state index in [-0.39, 0.29) is 16.9 Å². The van der Waals surface area contributed by atoms with Crippen LogP contribution < -0.4 is 0 Å². The average molecular weight is 257 g/mol. The van der Waals surface area contributed by atoms with Gasteiger partial charge in [0, 0.05) is 5.39 Å². The van der Waals surface area contributed by atoms with Gasteiger partial charge in [-0.15, -0.1) is 0 Å². The van der Waals surface area contributed by atoms with E-state index in [1.54, 1.807) is 12.1 Å². The van der Waals surface area contributed by atoms with Crippen LogP contribution in [0.5, 0.6) is 5.75 Å². The Bertz CT molecular complexity index is 515. The molecule has 0 bridgehead atoms. The molecule has 2 rings (SSSR count). The molecule has 2 N–H and O–H groups in total. The number of carbonyl (C=O) groups is 1. The van der Waals surface area contributed by atoms with Crippen LogP contribution >= 0.6 is 15.9 Å². The molecule has 72 valence electrons. The van der Waals surface area contributed by atoms with Gasteiger partial charge in [-0.05, 0) is 34.1 Å². The van der Waals surface area contributed by atoms with Gasteiger partial charge in [0.15, 0.2) is 16.0 Å². The second-order valence-electron chi connectivity index (χ2n) is 2.74. The van der Waals surface area contributed by atoms with Gasteiger partial charge < -0.3 is 14.6 Å². The first-order valence-electron chi connectivity index (χ1n) is 3.74. The molecular formula is C9H5BrO4. The summed E-state index contributed by atoms with van der Waals surface area (Å²) in [6, 6.07) is 4.56. The molecule has 0 fully saturated rings. The molecule has 0 aliphatic carbocycles. The average Bonchev–Trinajstić information content (AvgIpc) is 2.46. The van der Waals surface area contributed by atoms with Crippen molar-refractivity contribution in [1.29, 1.82) is 0 Å². The largest absolute Gasteiger partial charge is 0.504 e. The smallest absolute Gasteiger partial charge is 0.339 e. The van der Waals surface area contributed by atoms with Gasteiger partial charge in [-0.3, -0.25) is 0 Å². The summed E-state index contributed by atoms with van der Waals surface area (Å²) in [7, 11) is 0. The zero-order valence-electron chi connectivity index (χ0n) is 6.82. The van der Waals surface area contributed by atoms with Crippen LogP contribution in [0, 0.1) is 0 Å². The van der Waals surface area contributed by atoms with Gasteiger partial charge in [-0.1, -0.05) is 0 Å². The van der Waals surface area contributed by atoms with Crippen LogP contribution in [0.3, 0.4) is 0 Å². The number of aromatic carboxylic acids is 1. The molecule has 1 heterocycles. The third kappa shape index (κ3) is 1.26. The molecule has 0 radical (unpaired) electrons. The number of hydrogen-bond donors (Lipinski definition) is 2. The topological polar surface area (TPSA) is 70.7 Å². The van der Waals surface area contributed by atoms with Crippen molar-refractivity contribution in [2.45, 2.75) is 0 Å². The highest BCUT2D eigenvalue weighted by Gasteiger charge is 2.15. The summed E-state index contributed by atoms with van der Waals surface area (Å²) >= 11 is 3.10. The quantitative estimate of drug-likeness (QED) is 0.823. The van der Waals surface area contributed by atoms with Crippen molar-refractivity contribution >= 4 is 32.9 Å². The van der Waals surface area contributed by atoms with Crippen LogP contribution in [0.25, 0.3) is 11.0 Å². The summed E-state index contributed by atoms with van der Waals surface area (Å²) in [5, 5.41) is 18.9. The van der Waals surface area contributed by atoms with Gasteiger partial charge >= 0.3 is 5.97 Å². The number of halogens is 1. The molecule has 14 heavy (non-hydrogen) atoms. The zero-order chi connectivity index (χ0) is 10.3. The lowest BCUT2D eigenvalue weighted by molar-refractivity contribution is 0.0694. The SMILES string of the molecule is O=C(O)c1ccc2cc(Br)oc2c1O. The highest BCUT2D eigenvalue weighted by atomic mass is 79.9. The number of carboxylic acids is 1. The molecule has 0 unspecified atom stereocenters. The number of hydrogen-bond acceptors (Lipinski definition) is 3. The third-order valence-corrected chi connectivity index (χ3v) is 2.25. The van der Waals surface area contributed by atoms with E-state index in [1.807, 2.05) is 0 Å². The van der Waals surface area contributed by atoms with E-state index in [4.69, 9.17) is 9.52 Å². The van der Waals surface area contributed by atoms with Gasteiger partial charge in [0.2, 0.25) is 0 Å². The summed E-state index contributed by atoms with van der Waals surface area (Å²) in [4.78, 5) is 10.7. The molecule has 1 aromatic carbocycles. The van der Waals surface area contributed by atoms with Crippen molar-refractivity contribution in [2.75, 3.05) is 0 Å². The van der Waals surface area contributed by atoms with Crippen LogP contribution in [0.2, 0.25) is 0 Å². The Labute approximate surface area is 86.9 Å². The summed E-state index contributed by atoms with van der Waals surface area (Å²) in [6.07, 6.45) is 0. The Morgan fingerprint density at radius 1 is 1.43 bits per heavy atom. The first-order valence-corrected chi connectivity index (χ1v) is 4.53. The maximum atomic E-state index is 10.7. The standard InChI is InChI=1S/C9H5BrO4/c10-6-3-4-1-2-5(9(12)13)7(11)8(4)14-6/h1-3,11H,(H,12,13). The molecule has 1 aromatic heterocycles. The van der Waals surface area contributed by atoms with Crippen molar-refractivity contribution in [3.8, 4) is 5.75 Å². The third-order valence-electron chi connectivity index (χ3n) is 1.86. The van der Waals surface area contributed by atoms with Gasteiger partial charge in [0.25, 0.3) is 0 Å². The fraction of sp³-hybridized carbons (Fsp3) is 0. The van der Waals surface area contributed by atoms with Gasteiger partial charge in [-0.2, -0.15) is 0 Å². The molecule has 0 saturated carbocycles. The molecule has 5 heteroatoms. The molecule has 0 saturated heterocycles. The minimum absolute atomic E-state index is 0.167. The van der Waals surface area contributed by atoms with Gasteiger partial charge in [-0.25, -0.2) is 4.79 Å².